The number of rotatable bonds is 8. The molecule has 2 heterocycles. The quantitative estimate of drug-likeness (QED) is 0.403. The van der Waals surface area contributed by atoms with Gasteiger partial charge in [0.15, 0.2) is 11.5 Å². The number of hydrogen-bond donors (Lipinski definition) is 1. The van der Waals surface area contributed by atoms with E-state index in [4.69, 9.17) is 20.9 Å². The summed E-state index contributed by atoms with van der Waals surface area (Å²) in [4.78, 5) is 0. The Kier molecular flexibility index (Phi) is 6.28. The highest BCUT2D eigenvalue weighted by molar-refractivity contribution is 6.33. The van der Waals surface area contributed by atoms with Crippen molar-refractivity contribution in [2.45, 2.75) is 64.1 Å². The molecule has 1 aliphatic carbocycles. The summed E-state index contributed by atoms with van der Waals surface area (Å²) in [5.74, 6) is -0.904. The Morgan fingerprint density at radius 1 is 1.27 bits per heavy atom. The van der Waals surface area contributed by atoms with Gasteiger partial charge in [0, 0.05) is 6.54 Å². The predicted molar refractivity (Wildman–Crippen MR) is 112 cm³/mol. The zero-order valence-electron chi connectivity index (χ0n) is 17.9. The van der Waals surface area contributed by atoms with Crippen LogP contribution in [0.25, 0.3) is 22.6 Å². The van der Waals surface area contributed by atoms with E-state index in [0.717, 1.165) is 23.7 Å². The van der Waals surface area contributed by atoms with Crippen molar-refractivity contribution in [2.75, 3.05) is 0 Å². The fraction of sp³-hybridized carbons (Fsp3) is 0.455. The molecule has 0 bridgehead atoms. The van der Waals surface area contributed by atoms with Crippen LogP contribution in [0.3, 0.4) is 0 Å². The van der Waals surface area contributed by atoms with Crippen LogP contribution in [-0.2, 0) is 24.1 Å². The van der Waals surface area contributed by atoms with Gasteiger partial charge in [-0.1, -0.05) is 22.8 Å². The number of aryl methyl sites for hydroxylation is 1. The molecule has 4 rings (SSSR count). The van der Waals surface area contributed by atoms with E-state index >= 15 is 0 Å². The van der Waals surface area contributed by atoms with Crippen molar-refractivity contribution in [1.82, 2.24) is 14.9 Å². The molecule has 0 atom stereocenters. The SMILES string of the molecule is CC(C)(O)CCn1ncc(-c2onc(-c3c(F)cccc3Cl)c2COC2CC2)c1C(F)(F)F. The maximum atomic E-state index is 14.6. The summed E-state index contributed by atoms with van der Waals surface area (Å²) in [6.45, 7) is 2.69. The maximum Gasteiger partial charge on any atom is 0.433 e. The van der Waals surface area contributed by atoms with E-state index < -0.39 is 23.3 Å². The molecule has 0 aliphatic heterocycles. The minimum atomic E-state index is -4.78. The molecule has 1 saturated carbocycles. The van der Waals surface area contributed by atoms with Gasteiger partial charge in [0.1, 0.15) is 11.5 Å². The van der Waals surface area contributed by atoms with E-state index in [0.29, 0.717) is 0 Å². The molecule has 0 spiro atoms. The van der Waals surface area contributed by atoms with Crippen LogP contribution in [0.2, 0.25) is 5.02 Å². The zero-order chi connectivity index (χ0) is 24.0. The van der Waals surface area contributed by atoms with Gasteiger partial charge in [0.05, 0.1) is 46.2 Å². The first kappa shape index (κ1) is 23.7. The molecule has 33 heavy (non-hydrogen) atoms. The number of alkyl halides is 3. The third-order valence-corrected chi connectivity index (χ3v) is 5.58. The van der Waals surface area contributed by atoms with Crippen molar-refractivity contribution in [2.24, 2.45) is 0 Å². The molecule has 1 N–H and O–H groups in total. The van der Waals surface area contributed by atoms with Crippen LogP contribution < -0.4 is 0 Å². The minimum Gasteiger partial charge on any atom is -0.390 e. The molecular weight excluding hydrogens is 466 g/mol. The van der Waals surface area contributed by atoms with Gasteiger partial charge in [-0.2, -0.15) is 18.3 Å². The Hall–Kier alpha value is -2.43. The number of benzene rings is 1. The molecule has 11 heteroatoms. The van der Waals surface area contributed by atoms with Gasteiger partial charge in [-0.15, -0.1) is 0 Å². The van der Waals surface area contributed by atoms with Gasteiger partial charge < -0.3 is 14.4 Å². The number of ether oxygens (including phenoxy) is 1. The summed E-state index contributed by atoms with van der Waals surface area (Å²) < 4.78 is 68.6. The highest BCUT2D eigenvalue weighted by atomic mass is 35.5. The van der Waals surface area contributed by atoms with Gasteiger partial charge in [-0.3, -0.25) is 4.68 Å². The molecule has 3 aromatic rings. The minimum absolute atomic E-state index is 0.0201. The van der Waals surface area contributed by atoms with Crippen molar-refractivity contribution in [3.05, 3.63) is 46.5 Å². The maximum absolute atomic E-state index is 14.6. The normalized spacial score (nSPS) is 14.8. The molecule has 1 aliphatic rings. The second-order valence-electron chi connectivity index (χ2n) is 8.64. The summed E-state index contributed by atoms with van der Waals surface area (Å²) in [6.07, 6.45) is -2.06. The Labute approximate surface area is 192 Å². The van der Waals surface area contributed by atoms with Gasteiger partial charge in [0.2, 0.25) is 0 Å². The van der Waals surface area contributed by atoms with Crippen molar-refractivity contribution in [3.8, 4) is 22.6 Å². The summed E-state index contributed by atoms with van der Waals surface area (Å²) in [5.41, 5.74) is -2.53. The molecule has 1 fully saturated rings. The summed E-state index contributed by atoms with van der Waals surface area (Å²) >= 11 is 6.18. The zero-order valence-corrected chi connectivity index (χ0v) is 18.7. The summed E-state index contributed by atoms with van der Waals surface area (Å²) in [5, 5.41) is 17.7. The van der Waals surface area contributed by atoms with Gasteiger partial charge in [0.25, 0.3) is 0 Å². The van der Waals surface area contributed by atoms with Crippen molar-refractivity contribution in [3.63, 3.8) is 0 Å². The second kappa shape index (κ2) is 8.73. The van der Waals surface area contributed by atoms with Crippen LogP contribution in [0, 0.1) is 5.82 Å². The van der Waals surface area contributed by atoms with Crippen LogP contribution in [0.15, 0.2) is 28.9 Å². The Morgan fingerprint density at radius 2 is 2.00 bits per heavy atom. The summed E-state index contributed by atoms with van der Waals surface area (Å²) in [7, 11) is 0. The lowest BCUT2D eigenvalue weighted by molar-refractivity contribution is -0.144. The molecule has 178 valence electrons. The highest BCUT2D eigenvalue weighted by Gasteiger charge is 2.41. The first-order valence-corrected chi connectivity index (χ1v) is 10.7. The van der Waals surface area contributed by atoms with E-state index in [9.17, 15) is 22.7 Å². The summed E-state index contributed by atoms with van der Waals surface area (Å²) in [6, 6.07) is 4.05. The standard InChI is InChI=1S/C22H22ClF4N3O3/c1-21(2,31)8-9-30-20(22(25,26)27)13(10-28-30)19-14(11-32-12-6-7-12)18(29-33-19)17-15(23)4-3-5-16(17)24/h3-5,10,12,31H,6-9,11H2,1-2H3. The van der Waals surface area contributed by atoms with Crippen LogP contribution >= 0.6 is 11.6 Å². The molecular formula is C22H22ClF4N3O3. The van der Waals surface area contributed by atoms with E-state index in [1.165, 1.54) is 32.0 Å². The Bertz CT molecular complexity index is 1130. The van der Waals surface area contributed by atoms with Crippen LogP contribution in [0.5, 0.6) is 0 Å². The van der Waals surface area contributed by atoms with Crippen molar-refractivity contribution >= 4 is 11.6 Å². The Balaban J connectivity index is 1.83. The average Bonchev–Trinajstić information content (AvgIpc) is 3.28. The third-order valence-electron chi connectivity index (χ3n) is 5.26. The lowest BCUT2D eigenvalue weighted by Crippen LogP contribution is -2.24. The highest BCUT2D eigenvalue weighted by Crippen LogP contribution is 2.43. The molecule has 2 aromatic heterocycles. The number of aromatic nitrogens is 3. The third kappa shape index (κ3) is 5.23. The molecule has 0 radical (unpaired) electrons. The topological polar surface area (TPSA) is 73.3 Å². The molecule has 6 nitrogen and oxygen atoms in total. The van der Waals surface area contributed by atoms with Gasteiger partial charge in [-0.05, 0) is 45.2 Å². The molecule has 1 aromatic carbocycles. The molecule has 0 unspecified atom stereocenters. The first-order chi connectivity index (χ1) is 15.5. The van der Waals surface area contributed by atoms with E-state index in [-0.39, 0.29) is 58.8 Å². The van der Waals surface area contributed by atoms with Crippen molar-refractivity contribution < 1.29 is 31.9 Å². The van der Waals surface area contributed by atoms with Gasteiger partial charge in [-0.25, -0.2) is 4.39 Å². The number of aliphatic hydroxyl groups is 1. The van der Waals surface area contributed by atoms with Crippen LogP contribution in [0.1, 0.15) is 44.4 Å². The monoisotopic (exact) mass is 487 g/mol. The van der Waals surface area contributed by atoms with Crippen molar-refractivity contribution in [1.29, 1.82) is 0 Å². The van der Waals surface area contributed by atoms with Gasteiger partial charge >= 0.3 is 6.18 Å². The lowest BCUT2D eigenvalue weighted by Gasteiger charge is -2.18. The lowest BCUT2D eigenvalue weighted by atomic mass is 10.0. The fourth-order valence-corrected chi connectivity index (χ4v) is 3.66. The number of hydrogen-bond acceptors (Lipinski definition) is 5. The average molecular weight is 488 g/mol. The first-order valence-electron chi connectivity index (χ1n) is 10.4. The Morgan fingerprint density at radius 3 is 2.61 bits per heavy atom. The molecule has 0 amide bonds. The van der Waals surface area contributed by atoms with Crippen LogP contribution in [0.4, 0.5) is 17.6 Å². The second-order valence-corrected chi connectivity index (χ2v) is 9.04. The van der Waals surface area contributed by atoms with E-state index in [1.54, 1.807) is 0 Å². The largest absolute Gasteiger partial charge is 0.433 e. The van der Waals surface area contributed by atoms with E-state index in [2.05, 4.69) is 10.3 Å². The number of halogens is 5. The number of nitrogens with zero attached hydrogens (tertiary/aromatic N) is 3. The smallest absolute Gasteiger partial charge is 0.390 e. The molecule has 0 saturated heterocycles. The fourth-order valence-electron chi connectivity index (χ4n) is 3.41. The van der Waals surface area contributed by atoms with Crippen LogP contribution in [-0.4, -0.2) is 31.7 Å². The predicted octanol–water partition coefficient (Wildman–Crippen LogP) is 5.86. The van der Waals surface area contributed by atoms with E-state index in [1.807, 2.05) is 0 Å².